The minimum Gasteiger partial charge on any atom is -0.103 e. The lowest BCUT2D eigenvalue weighted by atomic mass is 10.2. The Labute approximate surface area is 163 Å². The normalized spacial score (nSPS) is 10.7. The van der Waals surface area contributed by atoms with Crippen molar-refractivity contribution in [1.82, 2.24) is 0 Å². The molecule has 116 valence electrons. The number of halogens is 4. The summed E-state index contributed by atoms with van der Waals surface area (Å²) in [4.78, 5) is 0. The number of thiocarbonyl (C=S) groups is 1. The molecule has 0 radical (unpaired) electrons. The third-order valence-electron chi connectivity index (χ3n) is 2.72. The van der Waals surface area contributed by atoms with Crippen molar-refractivity contribution in [2.24, 2.45) is 0 Å². The van der Waals surface area contributed by atoms with Gasteiger partial charge in [0.15, 0.2) is 0 Å². The molecule has 0 bridgehead atoms. The van der Waals surface area contributed by atoms with Crippen LogP contribution in [0.1, 0.15) is 11.1 Å². The molecular formula is C15H10Cl4S3. The second-order valence-electron chi connectivity index (χ2n) is 4.30. The monoisotopic (exact) mass is 426 g/mol. The minimum atomic E-state index is 0.632. The van der Waals surface area contributed by atoms with Crippen molar-refractivity contribution in [1.29, 1.82) is 0 Å². The molecule has 0 aliphatic heterocycles. The Morgan fingerprint density at radius 2 is 1.18 bits per heavy atom. The fourth-order valence-electron chi connectivity index (χ4n) is 1.59. The van der Waals surface area contributed by atoms with E-state index in [1.807, 2.05) is 24.3 Å². The van der Waals surface area contributed by atoms with Crippen LogP contribution in [0.15, 0.2) is 36.4 Å². The van der Waals surface area contributed by atoms with Crippen molar-refractivity contribution in [3.05, 3.63) is 67.6 Å². The van der Waals surface area contributed by atoms with E-state index < -0.39 is 0 Å². The van der Waals surface area contributed by atoms with E-state index in [2.05, 4.69) is 0 Å². The largest absolute Gasteiger partial charge is 0.104 e. The first-order valence-corrected chi connectivity index (χ1v) is 10.0. The molecule has 0 saturated carbocycles. The van der Waals surface area contributed by atoms with Crippen LogP contribution < -0.4 is 0 Å². The van der Waals surface area contributed by atoms with E-state index in [9.17, 15) is 0 Å². The molecule has 0 heterocycles. The van der Waals surface area contributed by atoms with Crippen LogP contribution >= 0.6 is 82.1 Å². The van der Waals surface area contributed by atoms with Gasteiger partial charge in [-0.15, -0.1) is 23.5 Å². The first-order valence-electron chi connectivity index (χ1n) is 6.13. The van der Waals surface area contributed by atoms with Gasteiger partial charge in [-0.05, 0) is 35.4 Å². The maximum absolute atomic E-state index is 6.14. The summed E-state index contributed by atoms with van der Waals surface area (Å²) in [6.45, 7) is 0. The lowest BCUT2D eigenvalue weighted by Gasteiger charge is -2.07. The van der Waals surface area contributed by atoms with Crippen LogP contribution in [0.4, 0.5) is 0 Å². The fraction of sp³-hybridized carbons (Fsp3) is 0.133. The van der Waals surface area contributed by atoms with Gasteiger partial charge in [0.25, 0.3) is 0 Å². The number of hydrogen-bond acceptors (Lipinski definition) is 3. The van der Waals surface area contributed by atoms with E-state index in [0.717, 1.165) is 26.2 Å². The quantitative estimate of drug-likeness (QED) is 0.457. The Kier molecular flexibility index (Phi) is 7.68. The molecule has 2 rings (SSSR count). The van der Waals surface area contributed by atoms with Gasteiger partial charge >= 0.3 is 0 Å². The van der Waals surface area contributed by atoms with Crippen LogP contribution in [0.5, 0.6) is 0 Å². The summed E-state index contributed by atoms with van der Waals surface area (Å²) < 4.78 is 0.844. The number of thioether (sulfide) groups is 2. The summed E-state index contributed by atoms with van der Waals surface area (Å²) in [6.07, 6.45) is 0. The first kappa shape index (κ1) is 18.7. The fourth-order valence-corrected chi connectivity index (χ4v) is 4.79. The van der Waals surface area contributed by atoms with Gasteiger partial charge in [-0.2, -0.15) is 0 Å². The molecule has 0 aromatic heterocycles. The zero-order chi connectivity index (χ0) is 16.1. The van der Waals surface area contributed by atoms with E-state index >= 15 is 0 Å². The van der Waals surface area contributed by atoms with E-state index in [-0.39, 0.29) is 0 Å². The van der Waals surface area contributed by atoms with E-state index in [4.69, 9.17) is 58.6 Å². The van der Waals surface area contributed by atoms with E-state index in [1.165, 1.54) is 0 Å². The maximum Gasteiger partial charge on any atom is 0.104 e. The average molecular weight is 428 g/mol. The summed E-state index contributed by atoms with van der Waals surface area (Å²) in [5.41, 5.74) is 2.03. The molecule has 0 unspecified atom stereocenters. The number of hydrogen-bond donors (Lipinski definition) is 0. The molecule has 0 aliphatic carbocycles. The smallest absolute Gasteiger partial charge is 0.103 e. The van der Waals surface area contributed by atoms with Crippen molar-refractivity contribution in [2.45, 2.75) is 11.5 Å². The van der Waals surface area contributed by atoms with Crippen molar-refractivity contribution >= 4 is 85.7 Å². The molecule has 0 saturated heterocycles. The second kappa shape index (κ2) is 9.03. The van der Waals surface area contributed by atoms with Crippen LogP contribution in [-0.4, -0.2) is 3.53 Å². The zero-order valence-electron chi connectivity index (χ0n) is 11.1. The van der Waals surface area contributed by atoms with Gasteiger partial charge < -0.3 is 0 Å². The lowest BCUT2D eigenvalue weighted by Crippen LogP contribution is -1.89. The van der Waals surface area contributed by atoms with Gasteiger partial charge in [-0.3, -0.25) is 0 Å². The van der Waals surface area contributed by atoms with Crippen molar-refractivity contribution in [3.8, 4) is 0 Å². The minimum absolute atomic E-state index is 0.632. The van der Waals surface area contributed by atoms with Crippen LogP contribution in [0.25, 0.3) is 0 Å². The van der Waals surface area contributed by atoms with Crippen LogP contribution in [0.3, 0.4) is 0 Å². The molecule has 0 atom stereocenters. The molecule has 0 nitrogen and oxygen atoms in total. The predicted octanol–water partition coefficient (Wildman–Crippen LogP) is 7.75. The van der Waals surface area contributed by atoms with Gasteiger partial charge in [0.1, 0.15) is 3.53 Å². The molecule has 0 fully saturated rings. The highest BCUT2D eigenvalue weighted by Crippen LogP contribution is 2.31. The standard InChI is InChI=1S/C15H10Cl4S3/c16-11-3-1-9(13(18)5-11)7-21-15(20)22-8-10-2-4-12(17)6-14(10)19/h1-6H,7-8H2. The Morgan fingerprint density at radius 1 is 0.773 bits per heavy atom. The van der Waals surface area contributed by atoms with Crippen LogP contribution in [0.2, 0.25) is 20.1 Å². The highest BCUT2D eigenvalue weighted by atomic mass is 35.5. The third kappa shape index (κ3) is 5.79. The summed E-state index contributed by atoms with van der Waals surface area (Å²) in [7, 11) is 0. The number of rotatable bonds is 4. The Morgan fingerprint density at radius 3 is 1.55 bits per heavy atom. The number of benzene rings is 2. The maximum atomic E-state index is 6.14. The molecule has 2 aromatic rings. The van der Waals surface area contributed by atoms with Crippen LogP contribution in [0, 0.1) is 0 Å². The Balaban J connectivity index is 1.85. The van der Waals surface area contributed by atoms with Gasteiger partial charge in [-0.1, -0.05) is 70.8 Å². The highest BCUT2D eigenvalue weighted by Gasteiger charge is 2.07. The molecule has 2 aromatic carbocycles. The Hall–Kier alpha value is 0.390. The van der Waals surface area contributed by atoms with E-state index in [1.54, 1.807) is 35.7 Å². The Bertz CT molecular complexity index is 631. The topological polar surface area (TPSA) is 0 Å². The SMILES string of the molecule is S=C(SCc1ccc(Cl)cc1Cl)SCc1ccc(Cl)cc1Cl. The van der Waals surface area contributed by atoms with Crippen molar-refractivity contribution in [2.75, 3.05) is 0 Å². The van der Waals surface area contributed by atoms with E-state index in [0.29, 0.717) is 20.1 Å². The molecule has 0 amide bonds. The molecule has 0 N–H and O–H groups in total. The predicted molar refractivity (Wildman–Crippen MR) is 108 cm³/mol. The van der Waals surface area contributed by atoms with Gasteiger partial charge in [0.05, 0.1) is 0 Å². The molecular weight excluding hydrogens is 418 g/mol. The highest BCUT2D eigenvalue weighted by molar-refractivity contribution is 8.46. The first-order chi connectivity index (χ1) is 10.5. The summed E-state index contributed by atoms with van der Waals surface area (Å²) in [5, 5.41) is 2.59. The van der Waals surface area contributed by atoms with Gasteiger partial charge in [0, 0.05) is 31.6 Å². The van der Waals surface area contributed by atoms with Gasteiger partial charge in [0.2, 0.25) is 0 Å². The molecule has 0 aliphatic rings. The molecule has 22 heavy (non-hydrogen) atoms. The molecule has 0 spiro atoms. The van der Waals surface area contributed by atoms with Crippen molar-refractivity contribution < 1.29 is 0 Å². The second-order valence-corrected chi connectivity index (χ2v) is 9.14. The zero-order valence-corrected chi connectivity index (χ0v) is 16.6. The van der Waals surface area contributed by atoms with Crippen LogP contribution in [-0.2, 0) is 11.5 Å². The lowest BCUT2D eigenvalue weighted by molar-refractivity contribution is 1.42. The van der Waals surface area contributed by atoms with Crippen molar-refractivity contribution in [3.63, 3.8) is 0 Å². The summed E-state index contributed by atoms with van der Waals surface area (Å²) in [6, 6.07) is 11.0. The third-order valence-corrected chi connectivity index (χ3v) is 6.69. The molecule has 7 heteroatoms. The summed E-state index contributed by atoms with van der Waals surface area (Å²) >= 11 is 32.6. The average Bonchev–Trinajstić information content (AvgIpc) is 2.45. The summed E-state index contributed by atoms with van der Waals surface area (Å²) in [5.74, 6) is 1.44. The van der Waals surface area contributed by atoms with Gasteiger partial charge in [-0.25, -0.2) is 0 Å².